The zero-order chi connectivity index (χ0) is 14.2. The van der Waals surface area contributed by atoms with Crippen LogP contribution < -0.4 is 0 Å². The van der Waals surface area contributed by atoms with Crippen LogP contribution in [0.5, 0.6) is 0 Å². The first kappa shape index (κ1) is 13.1. The summed E-state index contributed by atoms with van der Waals surface area (Å²) in [6.45, 7) is 0. The second-order valence-electron chi connectivity index (χ2n) is 3.57. The van der Waals surface area contributed by atoms with Crippen molar-refractivity contribution in [2.75, 3.05) is 0 Å². The van der Waals surface area contributed by atoms with Gasteiger partial charge in [-0.15, -0.1) is 0 Å². The second kappa shape index (κ2) is 4.38. The van der Waals surface area contributed by atoms with Crippen molar-refractivity contribution in [1.82, 2.24) is 5.16 Å². The molecule has 0 saturated carbocycles. The van der Waals surface area contributed by atoms with E-state index in [0.717, 1.165) is 6.07 Å². The summed E-state index contributed by atoms with van der Waals surface area (Å²) < 4.78 is 55.4. The fourth-order valence-electron chi connectivity index (χ4n) is 1.39. The zero-order valence-electron chi connectivity index (χ0n) is 9.03. The molecule has 0 radical (unpaired) electrons. The number of aromatic carboxylic acids is 1. The lowest BCUT2D eigenvalue weighted by Crippen LogP contribution is -2.05. The van der Waals surface area contributed by atoms with Gasteiger partial charge in [0, 0.05) is 6.07 Å². The molecule has 0 aliphatic carbocycles. The van der Waals surface area contributed by atoms with Crippen LogP contribution in [0.1, 0.15) is 16.1 Å². The molecule has 0 atom stereocenters. The lowest BCUT2D eigenvalue weighted by atomic mass is 10.1. The Morgan fingerprint density at radius 2 is 1.95 bits per heavy atom. The highest BCUT2D eigenvalue weighted by Gasteiger charge is 2.31. The number of carbonyl (C=O) groups is 1. The maximum Gasteiger partial charge on any atom is 0.416 e. The van der Waals surface area contributed by atoms with Gasteiger partial charge in [-0.2, -0.15) is 13.2 Å². The molecule has 19 heavy (non-hydrogen) atoms. The van der Waals surface area contributed by atoms with Crippen LogP contribution in [-0.2, 0) is 6.18 Å². The summed E-state index contributed by atoms with van der Waals surface area (Å²) in [4.78, 5) is 10.6. The predicted octanol–water partition coefficient (Wildman–Crippen LogP) is 3.20. The van der Waals surface area contributed by atoms with Crippen molar-refractivity contribution in [2.45, 2.75) is 6.18 Å². The largest absolute Gasteiger partial charge is 0.476 e. The van der Waals surface area contributed by atoms with E-state index in [2.05, 4.69) is 9.68 Å². The molecule has 0 spiro atoms. The lowest BCUT2D eigenvalue weighted by Gasteiger charge is -2.07. The molecule has 1 aromatic carbocycles. The molecular formula is C11H5F4NO3. The summed E-state index contributed by atoms with van der Waals surface area (Å²) >= 11 is 0. The molecule has 0 fully saturated rings. The summed E-state index contributed by atoms with van der Waals surface area (Å²) in [5.41, 5.74) is -2.10. The van der Waals surface area contributed by atoms with Gasteiger partial charge in [-0.25, -0.2) is 9.18 Å². The van der Waals surface area contributed by atoms with E-state index in [1.807, 2.05) is 0 Å². The zero-order valence-corrected chi connectivity index (χ0v) is 9.03. The molecule has 1 N–H and O–H groups in total. The molecule has 0 amide bonds. The van der Waals surface area contributed by atoms with Crippen molar-refractivity contribution >= 4 is 5.97 Å². The first-order valence-electron chi connectivity index (χ1n) is 4.86. The lowest BCUT2D eigenvalue weighted by molar-refractivity contribution is -0.137. The molecule has 0 bridgehead atoms. The predicted molar refractivity (Wildman–Crippen MR) is 53.9 cm³/mol. The number of aromatic nitrogens is 1. The van der Waals surface area contributed by atoms with Gasteiger partial charge in [0.1, 0.15) is 5.82 Å². The van der Waals surface area contributed by atoms with E-state index in [0.29, 0.717) is 18.2 Å². The number of hydrogen-bond donors (Lipinski definition) is 1. The molecule has 100 valence electrons. The van der Waals surface area contributed by atoms with Crippen LogP contribution in [0.2, 0.25) is 0 Å². The van der Waals surface area contributed by atoms with E-state index >= 15 is 0 Å². The Hall–Kier alpha value is -2.38. The summed E-state index contributed by atoms with van der Waals surface area (Å²) in [6, 6.07) is 2.58. The Balaban J connectivity index is 2.51. The highest BCUT2D eigenvalue weighted by molar-refractivity contribution is 5.86. The number of alkyl halides is 3. The molecule has 2 aromatic rings. The summed E-state index contributed by atoms with van der Waals surface area (Å²) in [7, 11) is 0. The third-order valence-corrected chi connectivity index (χ3v) is 2.29. The van der Waals surface area contributed by atoms with E-state index in [9.17, 15) is 22.4 Å². The topological polar surface area (TPSA) is 63.3 Å². The standard InChI is InChI=1S/C11H5F4NO3/c12-7-2-1-5(11(13,14)15)3-6(7)9-4-8(10(17)18)16-19-9/h1-4H,(H,17,18). The van der Waals surface area contributed by atoms with Crippen LogP contribution in [0.3, 0.4) is 0 Å². The third-order valence-electron chi connectivity index (χ3n) is 2.29. The van der Waals surface area contributed by atoms with Gasteiger partial charge in [-0.1, -0.05) is 5.16 Å². The van der Waals surface area contributed by atoms with E-state index < -0.39 is 34.8 Å². The Morgan fingerprint density at radius 1 is 1.26 bits per heavy atom. The molecule has 0 saturated heterocycles. The van der Waals surface area contributed by atoms with Crippen LogP contribution >= 0.6 is 0 Å². The highest BCUT2D eigenvalue weighted by atomic mass is 19.4. The quantitative estimate of drug-likeness (QED) is 0.855. The first-order chi connectivity index (χ1) is 8.79. The smallest absolute Gasteiger partial charge is 0.416 e. The van der Waals surface area contributed by atoms with Gasteiger partial charge in [0.2, 0.25) is 0 Å². The average Bonchev–Trinajstić information content (AvgIpc) is 2.77. The van der Waals surface area contributed by atoms with E-state index in [-0.39, 0.29) is 5.76 Å². The number of benzene rings is 1. The molecule has 1 aromatic heterocycles. The van der Waals surface area contributed by atoms with Crippen molar-refractivity contribution < 1.29 is 32.0 Å². The van der Waals surface area contributed by atoms with Gasteiger partial charge in [-0.05, 0) is 18.2 Å². The molecule has 1 heterocycles. The van der Waals surface area contributed by atoms with Gasteiger partial charge >= 0.3 is 12.1 Å². The molecule has 0 aliphatic rings. The first-order valence-corrected chi connectivity index (χ1v) is 4.86. The molecule has 0 aliphatic heterocycles. The van der Waals surface area contributed by atoms with Crippen LogP contribution in [0.25, 0.3) is 11.3 Å². The minimum atomic E-state index is -4.64. The van der Waals surface area contributed by atoms with Gasteiger partial charge in [0.05, 0.1) is 11.1 Å². The number of halogens is 4. The summed E-state index contributed by atoms with van der Waals surface area (Å²) in [5.74, 6) is -2.79. The Labute approximate surface area is 103 Å². The van der Waals surface area contributed by atoms with E-state index in [1.165, 1.54) is 0 Å². The SMILES string of the molecule is O=C(O)c1cc(-c2cc(C(F)(F)F)ccc2F)on1. The number of carboxylic acid groups (broad SMARTS) is 1. The van der Waals surface area contributed by atoms with Crippen molar-refractivity contribution in [3.63, 3.8) is 0 Å². The van der Waals surface area contributed by atoms with Gasteiger partial charge in [-0.3, -0.25) is 0 Å². The number of carboxylic acids is 1. The Bertz CT molecular complexity index is 633. The average molecular weight is 275 g/mol. The van der Waals surface area contributed by atoms with Crippen LogP contribution in [-0.4, -0.2) is 16.2 Å². The third kappa shape index (κ3) is 2.56. The molecule has 4 nitrogen and oxygen atoms in total. The fraction of sp³-hybridized carbons (Fsp3) is 0.0909. The number of rotatable bonds is 2. The van der Waals surface area contributed by atoms with E-state index in [4.69, 9.17) is 5.11 Å². The van der Waals surface area contributed by atoms with Crippen molar-refractivity contribution in [3.8, 4) is 11.3 Å². The maximum absolute atomic E-state index is 13.5. The van der Waals surface area contributed by atoms with E-state index in [1.54, 1.807) is 0 Å². The Kier molecular flexibility index (Phi) is 3.01. The summed E-state index contributed by atoms with van der Waals surface area (Å²) in [5, 5.41) is 11.7. The van der Waals surface area contributed by atoms with Gasteiger partial charge < -0.3 is 9.63 Å². The van der Waals surface area contributed by atoms with Crippen LogP contribution in [0.4, 0.5) is 17.6 Å². The van der Waals surface area contributed by atoms with Gasteiger partial charge in [0.25, 0.3) is 0 Å². The van der Waals surface area contributed by atoms with Crippen molar-refractivity contribution in [2.24, 2.45) is 0 Å². The van der Waals surface area contributed by atoms with Crippen LogP contribution in [0.15, 0.2) is 28.8 Å². The minimum absolute atomic E-state index is 0.388. The van der Waals surface area contributed by atoms with Crippen molar-refractivity contribution in [3.05, 3.63) is 41.3 Å². The maximum atomic E-state index is 13.5. The molecule has 0 unspecified atom stereocenters. The Morgan fingerprint density at radius 3 is 2.47 bits per heavy atom. The monoisotopic (exact) mass is 275 g/mol. The van der Waals surface area contributed by atoms with Gasteiger partial charge in [0.15, 0.2) is 11.5 Å². The molecule has 8 heteroatoms. The second-order valence-corrected chi connectivity index (χ2v) is 3.57. The summed E-state index contributed by atoms with van der Waals surface area (Å²) in [6.07, 6.45) is -4.64. The highest BCUT2D eigenvalue weighted by Crippen LogP contribution is 2.33. The van der Waals surface area contributed by atoms with Crippen molar-refractivity contribution in [1.29, 1.82) is 0 Å². The number of hydrogen-bond acceptors (Lipinski definition) is 3. The van der Waals surface area contributed by atoms with Crippen LogP contribution in [0, 0.1) is 5.82 Å². The fourth-order valence-corrected chi connectivity index (χ4v) is 1.39. The number of nitrogens with zero attached hydrogens (tertiary/aromatic N) is 1. The minimum Gasteiger partial charge on any atom is -0.476 e. The molecular weight excluding hydrogens is 270 g/mol. The molecule has 2 rings (SSSR count). The normalized spacial score (nSPS) is 11.6.